The monoisotopic (exact) mass is 688 g/mol. The molecule has 5 rings (SSSR count). The van der Waals surface area contributed by atoms with Crippen LogP contribution in [0.1, 0.15) is 26.7 Å². The molecule has 2 aromatic rings. The number of thioether (sulfide) groups is 1. The second-order valence-electron chi connectivity index (χ2n) is 11.2. The van der Waals surface area contributed by atoms with Crippen LogP contribution in [-0.2, 0) is 18.7 Å². The van der Waals surface area contributed by atoms with Crippen molar-refractivity contribution in [3.05, 3.63) is 41.4 Å². The van der Waals surface area contributed by atoms with Gasteiger partial charge >= 0.3 is 0 Å². The average Bonchev–Trinajstić information content (AvgIpc) is 3.50. The summed E-state index contributed by atoms with van der Waals surface area (Å²) in [6.45, 7) is 5.00. The lowest BCUT2D eigenvalue weighted by Crippen LogP contribution is -2.76. The maximum absolute atomic E-state index is 13.4. The number of carbonyl (C=O) groups excluding carboxylic acids is 2. The molecule has 20 heteroatoms. The number of amidine groups is 1. The van der Waals surface area contributed by atoms with Crippen molar-refractivity contribution in [2.75, 3.05) is 25.0 Å². The fourth-order valence-electron chi connectivity index (χ4n) is 5.13. The third-order valence-corrected chi connectivity index (χ3v) is 8.72. The molecule has 1 aromatic carbocycles. The third-order valence-electron chi connectivity index (χ3n) is 7.72. The Morgan fingerprint density at radius 3 is 2.77 bits per heavy atom. The first-order valence-corrected chi connectivity index (χ1v) is 16.2. The molecule has 4 heterocycles. The molecule has 0 bridgehead atoms. The first-order chi connectivity index (χ1) is 22.6. The number of rotatable bonds is 13. The van der Waals surface area contributed by atoms with E-state index in [2.05, 4.69) is 36.6 Å². The standard InChI is InChI=1S/C27H36N12O6S2/c1-27(2)22(25(41)39(27)45-47-42)35-24(40)21(18-13-46-26(28)34-18)38-44-19(23(36-29)37-30)12-43-16-4-5-17-14(11-16)3-6-20(33-17)32-15-7-9-31-10-8-15/h3-6,11,13,15,19,22,26,29,31,34,42H,7-10,12,28,30H2,1-2H3,(H,32,33)(H,35,40)/b36-29?,37-23-,38-21-. The van der Waals surface area contributed by atoms with Crippen molar-refractivity contribution >= 4 is 64.2 Å². The highest BCUT2D eigenvalue weighted by atomic mass is 32.2. The predicted octanol–water partition coefficient (Wildman–Crippen LogP) is 1.40. The van der Waals surface area contributed by atoms with Crippen molar-refractivity contribution in [2.45, 2.75) is 55.9 Å². The number of carbonyl (C=O) groups is 2. The number of ether oxygens (including phenoxy) is 1. The van der Waals surface area contributed by atoms with Gasteiger partial charge in [0.25, 0.3) is 11.8 Å². The minimum atomic E-state index is -1.21. The molecule has 3 atom stereocenters. The fraction of sp³-hybridized carbons (Fsp3) is 0.444. The summed E-state index contributed by atoms with van der Waals surface area (Å²) in [6, 6.07) is 8.61. The number of fused-ring (bicyclic) bond motifs is 1. The second kappa shape index (κ2) is 15.1. The molecule has 47 heavy (non-hydrogen) atoms. The number of oxime groups is 1. The topological polar surface area (TPSA) is 259 Å². The van der Waals surface area contributed by atoms with Crippen molar-refractivity contribution in [3.8, 4) is 5.75 Å². The fourth-order valence-corrected chi connectivity index (χ4v) is 6.12. The lowest BCUT2D eigenvalue weighted by Gasteiger charge is -2.50. The van der Waals surface area contributed by atoms with Crippen molar-refractivity contribution in [1.29, 1.82) is 5.53 Å². The Balaban J connectivity index is 1.29. The minimum Gasteiger partial charge on any atom is -0.489 e. The smallest absolute Gasteiger partial charge is 0.276 e. The molecule has 3 aliphatic rings. The first kappa shape index (κ1) is 34.1. The number of β-lactam (4-membered cyclic amide) rings is 1. The molecule has 0 spiro atoms. The Hall–Kier alpha value is -4.21. The van der Waals surface area contributed by atoms with Gasteiger partial charge in [-0.3, -0.25) is 9.59 Å². The van der Waals surface area contributed by atoms with Crippen LogP contribution in [0, 0.1) is 5.53 Å². The van der Waals surface area contributed by atoms with Crippen molar-refractivity contribution < 1.29 is 28.0 Å². The maximum atomic E-state index is 13.4. The third kappa shape index (κ3) is 7.85. The van der Waals surface area contributed by atoms with Gasteiger partial charge in [0.05, 0.1) is 16.8 Å². The van der Waals surface area contributed by atoms with E-state index in [1.54, 1.807) is 31.4 Å². The Labute approximate surface area is 278 Å². The van der Waals surface area contributed by atoms with Gasteiger partial charge in [-0.2, -0.15) is 14.4 Å². The van der Waals surface area contributed by atoms with Crippen LogP contribution in [-0.4, -0.2) is 86.9 Å². The SMILES string of the molecule is CC1(C)C(NC(=O)/C(=N\OC(COc2ccc3nc(NC4CCNCC4)ccc3c2)/C(N=N)=N/N)C2=CSC(N)N2)C(=O)N1OSO. The molecular formula is C27H36N12O6S2. The Kier molecular flexibility index (Phi) is 11.0. The molecule has 18 nitrogen and oxygen atoms in total. The van der Waals surface area contributed by atoms with E-state index in [4.69, 9.17) is 40.5 Å². The van der Waals surface area contributed by atoms with Crippen LogP contribution in [0.2, 0.25) is 0 Å². The van der Waals surface area contributed by atoms with Crippen molar-refractivity contribution in [1.82, 2.24) is 26.0 Å². The summed E-state index contributed by atoms with van der Waals surface area (Å²) >= 11 is 1.21. The molecule has 1 aromatic heterocycles. The second-order valence-corrected chi connectivity index (χ2v) is 12.6. The molecule has 0 aliphatic carbocycles. The number of hydrogen-bond donors (Lipinski definition) is 8. The normalized spacial score (nSPS) is 22.2. The highest BCUT2D eigenvalue weighted by Gasteiger charge is 2.57. The molecule has 2 fully saturated rings. The van der Waals surface area contributed by atoms with Gasteiger partial charge in [-0.15, -0.1) is 5.11 Å². The van der Waals surface area contributed by atoms with E-state index in [0.29, 0.717) is 11.8 Å². The van der Waals surface area contributed by atoms with Crippen LogP contribution in [0.3, 0.4) is 0 Å². The zero-order valence-corrected chi connectivity index (χ0v) is 27.1. The minimum absolute atomic E-state index is 0.0152. The highest BCUT2D eigenvalue weighted by molar-refractivity contribution is 8.02. The van der Waals surface area contributed by atoms with E-state index in [1.165, 1.54) is 11.8 Å². The number of nitrogens with two attached hydrogens (primary N) is 2. The van der Waals surface area contributed by atoms with Crippen molar-refractivity contribution in [2.24, 2.45) is 26.9 Å². The van der Waals surface area contributed by atoms with E-state index in [-0.39, 0.29) is 36.2 Å². The predicted molar refractivity (Wildman–Crippen MR) is 177 cm³/mol. The number of pyridine rings is 1. The largest absolute Gasteiger partial charge is 0.489 e. The molecule has 0 radical (unpaired) electrons. The maximum Gasteiger partial charge on any atom is 0.276 e. The van der Waals surface area contributed by atoms with E-state index in [0.717, 1.165) is 47.7 Å². The van der Waals surface area contributed by atoms with E-state index in [9.17, 15) is 9.59 Å². The van der Waals surface area contributed by atoms with E-state index >= 15 is 0 Å². The molecular weight excluding hydrogens is 653 g/mol. The number of amides is 2. The van der Waals surface area contributed by atoms with Gasteiger partial charge in [-0.25, -0.2) is 10.5 Å². The van der Waals surface area contributed by atoms with Gasteiger partial charge in [0.15, 0.2) is 18.0 Å². The van der Waals surface area contributed by atoms with Crippen LogP contribution < -0.4 is 37.6 Å². The lowest BCUT2D eigenvalue weighted by atomic mass is 9.84. The van der Waals surface area contributed by atoms with Gasteiger partial charge in [-0.05, 0) is 70.1 Å². The van der Waals surface area contributed by atoms with Gasteiger partial charge in [0, 0.05) is 16.8 Å². The number of piperidine rings is 1. The number of hydrazone groups is 1. The Morgan fingerprint density at radius 1 is 1.32 bits per heavy atom. The van der Waals surface area contributed by atoms with E-state index < -0.39 is 35.0 Å². The number of nitrogens with one attached hydrogen (secondary N) is 5. The quantitative estimate of drug-likeness (QED) is 0.0282. The summed E-state index contributed by atoms with van der Waals surface area (Å²) in [7, 11) is 0. The highest BCUT2D eigenvalue weighted by Crippen LogP contribution is 2.34. The van der Waals surface area contributed by atoms with Gasteiger partial charge in [0.2, 0.25) is 11.9 Å². The van der Waals surface area contributed by atoms with Crippen LogP contribution >= 0.6 is 24.1 Å². The number of benzene rings is 1. The molecule has 3 aliphatic heterocycles. The Morgan fingerprint density at radius 2 is 2.11 bits per heavy atom. The number of nitrogens with zero attached hydrogens (tertiary/aromatic N) is 5. The van der Waals surface area contributed by atoms with Crippen LogP contribution in [0.4, 0.5) is 5.82 Å². The van der Waals surface area contributed by atoms with Crippen LogP contribution in [0.15, 0.2) is 56.8 Å². The molecule has 3 unspecified atom stereocenters. The lowest BCUT2D eigenvalue weighted by molar-refractivity contribution is -0.214. The van der Waals surface area contributed by atoms with E-state index in [1.807, 2.05) is 18.2 Å². The molecule has 252 valence electrons. The zero-order valence-electron chi connectivity index (χ0n) is 25.5. The first-order valence-electron chi connectivity index (χ1n) is 14.6. The summed E-state index contributed by atoms with van der Waals surface area (Å²) in [5.41, 5.74) is 12.7. The van der Waals surface area contributed by atoms with Gasteiger partial charge in [-0.1, -0.05) is 16.9 Å². The summed E-state index contributed by atoms with van der Waals surface area (Å²) < 4.78 is 19.8. The number of hydroxylamine groups is 2. The summed E-state index contributed by atoms with van der Waals surface area (Å²) in [5, 5.41) is 26.6. The number of anilines is 1. The van der Waals surface area contributed by atoms with Gasteiger partial charge in [0.1, 0.15) is 29.7 Å². The summed E-state index contributed by atoms with van der Waals surface area (Å²) in [4.78, 5) is 36.4. The molecule has 2 amide bonds. The summed E-state index contributed by atoms with van der Waals surface area (Å²) in [6.07, 6.45) is 0.853. The molecule has 10 N–H and O–H groups in total. The van der Waals surface area contributed by atoms with Crippen LogP contribution in [0.25, 0.3) is 10.9 Å². The molecule has 0 saturated carbocycles. The zero-order chi connectivity index (χ0) is 33.6. The Bertz CT molecular complexity index is 1580. The van der Waals surface area contributed by atoms with Crippen LogP contribution in [0.5, 0.6) is 5.75 Å². The number of hydrogen-bond acceptors (Lipinski definition) is 17. The molecule has 2 saturated heterocycles. The number of aromatic nitrogens is 1. The van der Waals surface area contributed by atoms with Gasteiger partial charge < -0.3 is 47.0 Å². The average molecular weight is 689 g/mol. The van der Waals surface area contributed by atoms with Crippen molar-refractivity contribution in [3.63, 3.8) is 0 Å². The summed E-state index contributed by atoms with van der Waals surface area (Å²) in [5.74, 6) is 5.13.